The van der Waals surface area contributed by atoms with Crippen LogP contribution in [0.25, 0.3) is 0 Å². The van der Waals surface area contributed by atoms with Crippen LogP contribution in [0.3, 0.4) is 0 Å². The van der Waals surface area contributed by atoms with Crippen molar-refractivity contribution in [3.8, 4) is 11.8 Å². The zero-order chi connectivity index (χ0) is 14.5. The molecule has 1 aliphatic rings. The van der Waals surface area contributed by atoms with Gasteiger partial charge in [-0.1, -0.05) is 6.07 Å². The molecule has 4 heteroatoms. The van der Waals surface area contributed by atoms with Crippen molar-refractivity contribution >= 4 is 5.78 Å². The SMILES string of the molecule is COc1ccc(CN(C)C2CCC(=O)CC2)cc1C#N. The van der Waals surface area contributed by atoms with Crippen molar-refractivity contribution in [2.75, 3.05) is 14.2 Å². The molecular weight excluding hydrogens is 252 g/mol. The van der Waals surface area contributed by atoms with Gasteiger partial charge in [0.25, 0.3) is 0 Å². The first-order valence-electron chi connectivity index (χ1n) is 6.93. The summed E-state index contributed by atoms with van der Waals surface area (Å²) >= 11 is 0. The summed E-state index contributed by atoms with van der Waals surface area (Å²) in [7, 11) is 3.65. The fourth-order valence-corrected chi connectivity index (χ4v) is 2.72. The molecule has 1 aromatic rings. The van der Waals surface area contributed by atoms with E-state index >= 15 is 0 Å². The molecule has 4 nitrogen and oxygen atoms in total. The lowest BCUT2D eigenvalue weighted by atomic mass is 9.93. The molecule has 20 heavy (non-hydrogen) atoms. The van der Waals surface area contributed by atoms with Crippen molar-refractivity contribution in [3.05, 3.63) is 29.3 Å². The zero-order valence-electron chi connectivity index (χ0n) is 12.1. The number of nitrogens with zero attached hydrogens (tertiary/aromatic N) is 2. The fraction of sp³-hybridized carbons (Fsp3) is 0.500. The Morgan fingerprint density at radius 3 is 2.70 bits per heavy atom. The first kappa shape index (κ1) is 14.5. The third-order valence-electron chi connectivity index (χ3n) is 3.95. The van der Waals surface area contributed by atoms with Gasteiger partial charge in [0, 0.05) is 25.4 Å². The smallest absolute Gasteiger partial charge is 0.136 e. The quantitative estimate of drug-likeness (QED) is 0.845. The average Bonchev–Trinajstić information content (AvgIpc) is 2.47. The maximum Gasteiger partial charge on any atom is 0.136 e. The van der Waals surface area contributed by atoms with Crippen LogP contribution in [0, 0.1) is 11.3 Å². The van der Waals surface area contributed by atoms with Crippen LogP contribution in [0.15, 0.2) is 18.2 Å². The van der Waals surface area contributed by atoms with Crippen molar-refractivity contribution in [1.82, 2.24) is 4.90 Å². The molecule has 0 spiro atoms. The minimum Gasteiger partial charge on any atom is -0.495 e. The third-order valence-corrected chi connectivity index (χ3v) is 3.95. The Bertz CT molecular complexity index is 524. The van der Waals surface area contributed by atoms with Gasteiger partial charge in [0.1, 0.15) is 17.6 Å². The number of benzene rings is 1. The molecule has 0 N–H and O–H groups in total. The number of carbonyl (C=O) groups excluding carboxylic acids is 1. The van der Waals surface area contributed by atoms with Gasteiger partial charge in [0.05, 0.1) is 12.7 Å². The van der Waals surface area contributed by atoms with Gasteiger partial charge < -0.3 is 4.74 Å². The minimum atomic E-state index is 0.380. The molecule has 1 aromatic carbocycles. The molecule has 0 atom stereocenters. The lowest BCUT2D eigenvalue weighted by Gasteiger charge is -2.30. The predicted octanol–water partition coefficient (Wildman–Crippen LogP) is 2.51. The normalized spacial score (nSPS) is 16.2. The molecule has 2 rings (SSSR count). The number of ketones is 1. The molecule has 0 saturated heterocycles. The van der Waals surface area contributed by atoms with Crippen LogP contribution in [0.4, 0.5) is 0 Å². The van der Waals surface area contributed by atoms with Gasteiger partial charge in [-0.25, -0.2) is 0 Å². The summed E-state index contributed by atoms with van der Waals surface area (Å²) in [6, 6.07) is 8.32. The highest BCUT2D eigenvalue weighted by molar-refractivity contribution is 5.79. The van der Waals surface area contributed by atoms with Gasteiger partial charge in [-0.15, -0.1) is 0 Å². The molecule has 0 radical (unpaired) electrons. The number of rotatable bonds is 4. The van der Waals surface area contributed by atoms with Crippen LogP contribution in [0.1, 0.15) is 36.8 Å². The molecular formula is C16H20N2O2. The highest BCUT2D eigenvalue weighted by atomic mass is 16.5. The van der Waals surface area contributed by atoms with E-state index in [0.717, 1.165) is 24.9 Å². The van der Waals surface area contributed by atoms with Crippen molar-refractivity contribution in [2.24, 2.45) is 0 Å². The summed E-state index contributed by atoms with van der Waals surface area (Å²) in [5.74, 6) is 0.994. The van der Waals surface area contributed by atoms with E-state index in [4.69, 9.17) is 10.00 Å². The number of hydrogen-bond donors (Lipinski definition) is 0. The topological polar surface area (TPSA) is 53.3 Å². The Morgan fingerprint density at radius 2 is 2.10 bits per heavy atom. The Labute approximate surface area is 120 Å². The summed E-state index contributed by atoms with van der Waals surface area (Å²) in [6.07, 6.45) is 3.27. The number of methoxy groups -OCH3 is 1. The Morgan fingerprint density at radius 1 is 1.40 bits per heavy atom. The van der Waals surface area contributed by atoms with E-state index in [0.29, 0.717) is 36.0 Å². The second kappa shape index (κ2) is 6.53. The van der Waals surface area contributed by atoms with E-state index < -0.39 is 0 Å². The standard InChI is InChI=1S/C16H20N2O2/c1-18(14-4-6-15(19)7-5-14)11-12-3-8-16(20-2)13(9-12)10-17/h3,8-9,14H,4-7,11H2,1-2H3. The summed E-state index contributed by atoms with van der Waals surface area (Å²) in [4.78, 5) is 13.5. The Balaban J connectivity index is 2.02. The molecule has 0 aromatic heterocycles. The van der Waals surface area contributed by atoms with Gasteiger partial charge in [0.2, 0.25) is 0 Å². The zero-order valence-corrected chi connectivity index (χ0v) is 12.1. The largest absolute Gasteiger partial charge is 0.495 e. The van der Waals surface area contributed by atoms with Crippen LogP contribution < -0.4 is 4.74 Å². The molecule has 0 bridgehead atoms. The van der Waals surface area contributed by atoms with Crippen LogP contribution in [0.5, 0.6) is 5.75 Å². The molecule has 106 valence electrons. The fourth-order valence-electron chi connectivity index (χ4n) is 2.72. The highest BCUT2D eigenvalue weighted by Crippen LogP contribution is 2.23. The monoisotopic (exact) mass is 272 g/mol. The number of Topliss-reactive ketones (excluding diaryl/α,β-unsaturated/α-hetero) is 1. The van der Waals surface area contributed by atoms with Crippen LogP contribution >= 0.6 is 0 Å². The predicted molar refractivity (Wildman–Crippen MR) is 76.4 cm³/mol. The molecule has 0 amide bonds. The molecule has 1 fully saturated rings. The van der Waals surface area contributed by atoms with Gasteiger partial charge >= 0.3 is 0 Å². The first-order valence-corrected chi connectivity index (χ1v) is 6.93. The van der Waals surface area contributed by atoms with Crippen LogP contribution in [-0.4, -0.2) is 30.9 Å². The van der Waals surface area contributed by atoms with Gasteiger partial charge in [0.15, 0.2) is 0 Å². The first-order chi connectivity index (χ1) is 9.63. The van der Waals surface area contributed by atoms with E-state index in [2.05, 4.69) is 18.0 Å². The highest BCUT2D eigenvalue weighted by Gasteiger charge is 2.22. The van der Waals surface area contributed by atoms with Crippen molar-refractivity contribution < 1.29 is 9.53 Å². The van der Waals surface area contributed by atoms with Gasteiger partial charge in [-0.3, -0.25) is 9.69 Å². The Kier molecular flexibility index (Phi) is 4.75. The maximum absolute atomic E-state index is 11.3. The Hall–Kier alpha value is -1.86. The van der Waals surface area contributed by atoms with E-state index in [9.17, 15) is 4.79 Å². The lowest BCUT2D eigenvalue weighted by Crippen LogP contribution is -2.34. The van der Waals surface area contributed by atoms with E-state index in [-0.39, 0.29) is 0 Å². The van der Waals surface area contributed by atoms with Crippen molar-refractivity contribution in [1.29, 1.82) is 5.26 Å². The van der Waals surface area contributed by atoms with Crippen molar-refractivity contribution in [2.45, 2.75) is 38.3 Å². The summed E-state index contributed by atoms with van der Waals surface area (Å²) in [5, 5.41) is 9.10. The maximum atomic E-state index is 11.3. The lowest BCUT2D eigenvalue weighted by molar-refractivity contribution is -0.121. The van der Waals surface area contributed by atoms with Crippen molar-refractivity contribution in [3.63, 3.8) is 0 Å². The summed E-state index contributed by atoms with van der Waals surface area (Å²) in [6.45, 7) is 0.789. The number of hydrogen-bond acceptors (Lipinski definition) is 4. The number of nitriles is 1. The summed E-state index contributed by atoms with van der Waals surface area (Å²) in [5.41, 5.74) is 1.67. The second-order valence-electron chi connectivity index (χ2n) is 5.33. The summed E-state index contributed by atoms with van der Waals surface area (Å²) < 4.78 is 5.15. The molecule has 1 aliphatic carbocycles. The second-order valence-corrected chi connectivity index (χ2v) is 5.33. The molecule has 0 unspecified atom stereocenters. The molecule has 0 heterocycles. The van der Waals surface area contributed by atoms with Crippen LogP contribution in [-0.2, 0) is 11.3 Å². The molecule has 1 saturated carbocycles. The van der Waals surface area contributed by atoms with Gasteiger partial charge in [-0.2, -0.15) is 5.26 Å². The third kappa shape index (κ3) is 3.37. The van der Waals surface area contributed by atoms with E-state index in [1.54, 1.807) is 7.11 Å². The minimum absolute atomic E-state index is 0.380. The van der Waals surface area contributed by atoms with E-state index in [1.807, 2.05) is 18.2 Å². The molecule has 0 aliphatic heterocycles. The average molecular weight is 272 g/mol. The van der Waals surface area contributed by atoms with Crippen LogP contribution in [0.2, 0.25) is 0 Å². The van der Waals surface area contributed by atoms with E-state index in [1.165, 1.54) is 0 Å². The van der Waals surface area contributed by atoms with Gasteiger partial charge in [-0.05, 0) is 37.6 Å². The number of ether oxygens (including phenoxy) is 1. The number of carbonyl (C=O) groups is 1.